The molecule has 0 amide bonds. The molecular weight excluding hydrogens is 238 g/mol. The lowest BCUT2D eigenvalue weighted by Gasteiger charge is -2.37. The van der Waals surface area contributed by atoms with Gasteiger partial charge in [0.05, 0.1) is 18.3 Å². The Balaban J connectivity index is 3.03. The first-order chi connectivity index (χ1) is 9.01. The number of aromatic nitrogens is 2. The molecule has 0 radical (unpaired) electrons. The molecule has 2 N–H and O–H groups in total. The molecule has 0 bridgehead atoms. The lowest BCUT2D eigenvalue weighted by atomic mass is 9.97. The third-order valence-corrected chi connectivity index (χ3v) is 3.45. The van der Waals surface area contributed by atoms with Crippen molar-refractivity contribution in [2.75, 3.05) is 6.54 Å². The second-order valence-electron chi connectivity index (χ2n) is 5.20. The van der Waals surface area contributed by atoms with Crippen molar-refractivity contribution >= 4 is 0 Å². The van der Waals surface area contributed by atoms with Crippen molar-refractivity contribution in [3.63, 3.8) is 0 Å². The molecule has 0 aliphatic carbocycles. The average Bonchev–Trinajstić information content (AvgIpc) is 2.79. The maximum Gasteiger partial charge on any atom is 0.0635 e. The second kappa shape index (κ2) is 7.27. The van der Waals surface area contributed by atoms with Crippen molar-refractivity contribution in [3.8, 4) is 6.07 Å². The zero-order chi connectivity index (χ0) is 14.4. The van der Waals surface area contributed by atoms with Gasteiger partial charge in [-0.05, 0) is 20.3 Å². The summed E-state index contributed by atoms with van der Waals surface area (Å²) in [4.78, 5) is 2.30. The van der Waals surface area contributed by atoms with Crippen LogP contribution in [0.5, 0.6) is 0 Å². The van der Waals surface area contributed by atoms with Gasteiger partial charge in [-0.15, -0.1) is 0 Å². The summed E-state index contributed by atoms with van der Waals surface area (Å²) in [6.07, 6.45) is 5.31. The molecule has 0 saturated heterocycles. The minimum Gasteiger partial charge on any atom is -0.326 e. The minimum atomic E-state index is 0.0466. The van der Waals surface area contributed by atoms with E-state index < -0.39 is 0 Å². The van der Waals surface area contributed by atoms with E-state index in [0.29, 0.717) is 12.5 Å². The normalized spacial score (nSPS) is 14.6. The Morgan fingerprint density at radius 3 is 2.63 bits per heavy atom. The topological polar surface area (TPSA) is 70.9 Å². The molecule has 1 aromatic rings. The van der Waals surface area contributed by atoms with E-state index in [2.05, 4.69) is 36.8 Å². The average molecular weight is 263 g/mol. The number of rotatable bonds is 7. The molecule has 5 nitrogen and oxygen atoms in total. The fourth-order valence-electron chi connectivity index (χ4n) is 2.40. The zero-order valence-corrected chi connectivity index (χ0v) is 12.4. The lowest BCUT2D eigenvalue weighted by molar-refractivity contribution is 0.133. The summed E-state index contributed by atoms with van der Waals surface area (Å²) in [6.45, 7) is 7.12. The molecule has 1 aromatic heterocycles. The van der Waals surface area contributed by atoms with E-state index in [4.69, 9.17) is 11.0 Å². The first-order valence-corrected chi connectivity index (χ1v) is 6.88. The van der Waals surface area contributed by atoms with Crippen molar-refractivity contribution in [2.24, 2.45) is 12.8 Å². The van der Waals surface area contributed by atoms with E-state index in [0.717, 1.165) is 18.5 Å². The van der Waals surface area contributed by atoms with Crippen molar-refractivity contribution in [3.05, 3.63) is 18.0 Å². The van der Waals surface area contributed by atoms with Gasteiger partial charge in [0.25, 0.3) is 0 Å². The highest BCUT2D eigenvalue weighted by Crippen LogP contribution is 2.26. The lowest BCUT2D eigenvalue weighted by Crippen LogP contribution is -2.44. The number of nitriles is 1. The van der Waals surface area contributed by atoms with E-state index in [9.17, 15) is 0 Å². The molecule has 0 saturated carbocycles. The minimum absolute atomic E-state index is 0.0466. The standard InChI is InChI=1S/C14H25N5/c1-5-13(16)14(12-9-17-18(4)10-12)19(11(2)3)8-6-7-15/h9-11,13-14H,5-6,8,16H2,1-4H3. The van der Waals surface area contributed by atoms with Crippen LogP contribution in [-0.2, 0) is 7.05 Å². The first kappa shape index (κ1) is 15.7. The van der Waals surface area contributed by atoms with Crippen LogP contribution in [0.25, 0.3) is 0 Å². The molecule has 1 rings (SSSR count). The van der Waals surface area contributed by atoms with Gasteiger partial charge in [-0.25, -0.2) is 0 Å². The van der Waals surface area contributed by atoms with Crippen LogP contribution >= 0.6 is 0 Å². The van der Waals surface area contributed by atoms with E-state index in [1.54, 1.807) is 4.68 Å². The van der Waals surface area contributed by atoms with Crippen LogP contribution < -0.4 is 5.73 Å². The van der Waals surface area contributed by atoms with Gasteiger partial charge in [0, 0.05) is 43.9 Å². The van der Waals surface area contributed by atoms with Gasteiger partial charge in [-0.1, -0.05) is 6.92 Å². The summed E-state index contributed by atoms with van der Waals surface area (Å²) in [7, 11) is 1.91. The molecule has 106 valence electrons. The SMILES string of the molecule is CCC(N)C(c1cnn(C)c1)N(CCC#N)C(C)C. The van der Waals surface area contributed by atoms with Crippen molar-refractivity contribution in [1.82, 2.24) is 14.7 Å². The third kappa shape index (κ3) is 4.05. The van der Waals surface area contributed by atoms with Crippen molar-refractivity contribution in [2.45, 2.75) is 51.7 Å². The van der Waals surface area contributed by atoms with Gasteiger partial charge in [0.15, 0.2) is 0 Å². The molecule has 0 fully saturated rings. The maximum absolute atomic E-state index is 8.82. The Labute approximate surface area is 116 Å². The maximum atomic E-state index is 8.82. The quantitative estimate of drug-likeness (QED) is 0.814. The van der Waals surface area contributed by atoms with Crippen LogP contribution in [0.3, 0.4) is 0 Å². The summed E-state index contributed by atoms with van der Waals surface area (Å²) >= 11 is 0. The van der Waals surface area contributed by atoms with Crippen LogP contribution in [0.2, 0.25) is 0 Å². The fraction of sp³-hybridized carbons (Fsp3) is 0.714. The predicted octanol–water partition coefficient (Wildman–Crippen LogP) is 1.82. The number of nitrogens with zero attached hydrogens (tertiary/aromatic N) is 4. The number of hydrogen-bond donors (Lipinski definition) is 1. The summed E-state index contributed by atoms with van der Waals surface area (Å²) in [6, 6.07) is 2.73. The summed E-state index contributed by atoms with van der Waals surface area (Å²) in [5.41, 5.74) is 7.44. The van der Waals surface area contributed by atoms with Crippen LogP contribution in [0.1, 0.15) is 45.2 Å². The highest BCUT2D eigenvalue weighted by Gasteiger charge is 2.28. The monoisotopic (exact) mass is 263 g/mol. The second-order valence-corrected chi connectivity index (χ2v) is 5.20. The number of aryl methyl sites for hydroxylation is 1. The molecule has 1 heterocycles. The molecular formula is C14H25N5. The summed E-state index contributed by atoms with van der Waals surface area (Å²) in [5.74, 6) is 0. The van der Waals surface area contributed by atoms with Crippen LogP contribution in [-0.4, -0.2) is 33.3 Å². The van der Waals surface area contributed by atoms with Crippen LogP contribution in [0.4, 0.5) is 0 Å². The highest BCUT2D eigenvalue weighted by molar-refractivity contribution is 5.14. The molecule has 0 aliphatic rings. The van der Waals surface area contributed by atoms with E-state index in [1.807, 2.05) is 19.4 Å². The molecule has 0 aromatic carbocycles. The van der Waals surface area contributed by atoms with Gasteiger partial charge in [0.1, 0.15) is 0 Å². The predicted molar refractivity (Wildman–Crippen MR) is 76.3 cm³/mol. The number of nitrogens with two attached hydrogens (primary N) is 1. The largest absolute Gasteiger partial charge is 0.326 e. The van der Waals surface area contributed by atoms with Crippen LogP contribution in [0, 0.1) is 11.3 Å². The molecule has 2 atom stereocenters. The Kier molecular flexibility index (Phi) is 6.00. The van der Waals surface area contributed by atoms with Gasteiger partial charge >= 0.3 is 0 Å². The van der Waals surface area contributed by atoms with Crippen LogP contribution in [0.15, 0.2) is 12.4 Å². The molecule has 5 heteroatoms. The Hall–Kier alpha value is -1.38. The fourth-order valence-corrected chi connectivity index (χ4v) is 2.40. The Morgan fingerprint density at radius 2 is 2.21 bits per heavy atom. The summed E-state index contributed by atoms with van der Waals surface area (Å²) < 4.78 is 1.80. The van der Waals surface area contributed by atoms with Gasteiger partial charge in [-0.2, -0.15) is 10.4 Å². The van der Waals surface area contributed by atoms with Crippen molar-refractivity contribution < 1.29 is 0 Å². The molecule has 0 aliphatic heterocycles. The smallest absolute Gasteiger partial charge is 0.0635 e. The molecule has 19 heavy (non-hydrogen) atoms. The van der Waals surface area contributed by atoms with E-state index >= 15 is 0 Å². The zero-order valence-electron chi connectivity index (χ0n) is 12.4. The van der Waals surface area contributed by atoms with Crippen molar-refractivity contribution in [1.29, 1.82) is 5.26 Å². The molecule has 0 spiro atoms. The number of hydrogen-bond acceptors (Lipinski definition) is 4. The molecule has 2 unspecified atom stereocenters. The van der Waals surface area contributed by atoms with Gasteiger partial charge in [-0.3, -0.25) is 9.58 Å². The van der Waals surface area contributed by atoms with Gasteiger partial charge < -0.3 is 5.73 Å². The summed E-state index contributed by atoms with van der Waals surface area (Å²) in [5, 5.41) is 13.1. The van der Waals surface area contributed by atoms with E-state index in [-0.39, 0.29) is 12.1 Å². The highest BCUT2D eigenvalue weighted by atomic mass is 15.3. The van der Waals surface area contributed by atoms with Gasteiger partial charge in [0.2, 0.25) is 0 Å². The third-order valence-electron chi connectivity index (χ3n) is 3.45. The first-order valence-electron chi connectivity index (χ1n) is 6.88. The Bertz CT molecular complexity index is 418. The van der Waals surface area contributed by atoms with E-state index in [1.165, 1.54) is 0 Å². The Morgan fingerprint density at radius 1 is 1.53 bits per heavy atom.